The lowest BCUT2D eigenvalue weighted by Gasteiger charge is -2.71. The van der Waals surface area contributed by atoms with Crippen LogP contribution in [0, 0.1) is 67.5 Å². The normalized spacial score (nSPS) is 45.4. The van der Waals surface area contributed by atoms with Crippen LogP contribution >= 0.6 is 0 Å². The molecule has 1 heterocycles. The molecule has 5 nitrogen and oxygen atoms in total. The number of aromatic nitrogens is 2. The zero-order valence-electron chi connectivity index (χ0n) is 26.1. The molecule has 0 amide bonds. The second-order valence-electron chi connectivity index (χ2n) is 16.6. The summed E-state index contributed by atoms with van der Waals surface area (Å²) < 4.78 is 1.91. The quantitative estimate of drug-likeness (QED) is 0.361. The monoisotopic (exact) mass is 543 g/mol. The van der Waals surface area contributed by atoms with Crippen molar-refractivity contribution < 1.29 is 9.59 Å². The zero-order chi connectivity index (χ0) is 29.1. The maximum atomic E-state index is 13.5. The topological polar surface area (TPSA) is 75.8 Å². The van der Waals surface area contributed by atoms with E-state index in [0.717, 1.165) is 51.4 Å². The van der Waals surface area contributed by atoms with E-state index >= 15 is 0 Å². The fraction of sp³-hybridized carbons (Fsp3) is 0.771. The molecule has 5 aliphatic carbocycles. The molecule has 0 aromatic carbocycles. The predicted octanol–water partition coefficient (Wildman–Crippen LogP) is 7.57. The van der Waals surface area contributed by atoms with Crippen molar-refractivity contribution in [3.05, 3.63) is 23.5 Å². The van der Waals surface area contributed by atoms with Crippen LogP contribution in [0.2, 0.25) is 0 Å². The third kappa shape index (κ3) is 3.40. The molecule has 0 radical (unpaired) electrons. The lowest BCUT2D eigenvalue weighted by molar-refractivity contribution is -0.187. The molecule has 5 heteroatoms. The highest BCUT2D eigenvalue weighted by Gasteiger charge is 2.70. The maximum Gasteiger partial charge on any atom is 0.155 e. The Hall–Kier alpha value is -2.22. The average Bonchev–Trinajstić information content (AvgIpc) is 3.32. The number of carbonyl (C=O) groups excluding carboxylic acids is 2. The molecule has 40 heavy (non-hydrogen) atoms. The minimum Gasteiger partial charge on any atom is -0.303 e. The molecule has 4 saturated carbocycles. The summed E-state index contributed by atoms with van der Waals surface area (Å²) in [7, 11) is 1.99. The summed E-state index contributed by atoms with van der Waals surface area (Å²) in [5, 5.41) is 14.8. The van der Waals surface area contributed by atoms with Crippen LogP contribution in [-0.4, -0.2) is 21.8 Å². The number of Topliss-reactive ketones (excluding diaryl/α,β-unsaturated/α-hetero) is 1. The second kappa shape index (κ2) is 8.42. The molecule has 5 aliphatic rings. The van der Waals surface area contributed by atoms with Gasteiger partial charge in [-0.15, -0.1) is 0 Å². The van der Waals surface area contributed by atoms with Crippen LogP contribution in [0.4, 0.5) is 0 Å². The number of fused-ring (bicyclic) bond motifs is 7. The van der Waals surface area contributed by atoms with Gasteiger partial charge in [-0.3, -0.25) is 9.48 Å². The first kappa shape index (κ1) is 27.9. The Morgan fingerprint density at radius 1 is 1.00 bits per heavy atom. The van der Waals surface area contributed by atoms with E-state index in [1.165, 1.54) is 17.4 Å². The van der Waals surface area contributed by atoms with Crippen LogP contribution in [0.25, 0.3) is 5.57 Å². The average molecular weight is 544 g/mol. The maximum absolute atomic E-state index is 13.5. The van der Waals surface area contributed by atoms with Gasteiger partial charge in [-0.05, 0) is 103 Å². The number of aryl methyl sites for hydroxylation is 1. The fourth-order valence-electron chi connectivity index (χ4n) is 11.6. The first-order valence-corrected chi connectivity index (χ1v) is 15.7. The lowest BCUT2D eigenvalue weighted by atomic mass is 9.32. The molecular formula is C35H49N3O2. The standard InChI is InChI=1S/C35H49N3O2/c1-30(2)11-13-35(21-39)14-12-34(7)28(25(35)17-30)24(23-19-37-38(8)20-23)15-27-32(5)16-22(18-36)29(40)31(3,4)26(32)9-10-33(27,34)6/h19-22,25-27H,9-17H2,1-8H3/t22?,25?,26?,27?,32-,33+,34+,35+/m0/s1. The van der Waals surface area contributed by atoms with Crippen LogP contribution in [-0.2, 0) is 16.6 Å². The molecular weight excluding hydrogens is 494 g/mol. The Balaban J connectivity index is 1.60. The predicted molar refractivity (Wildman–Crippen MR) is 157 cm³/mol. The Morgan fingerprint density at radius 3 is 2.33 bits per heavy atom. The second-order valence-corrected chi connectivity index (χ2v) is 16.6. The first-order valence-electron chi connectivity index (χ1n) is 15.7. The molecule has 0 aliphatic heterocycles. The van der Waals surface area contributed by atoms with Crippen molar-refractivity contribution >= 4 is 17.6 Å². The van der Waals surface area contributed by atoms with Crippen molar-refractivity contribution in [2.75, 3.05) is 0 Å². The van der Waals surface area contributed by atoms with Crippen LogP contribution in [0.15, 0.2) is 18.0 Å². The highest BCUT2D eigenvalue weighted by atomic mass is 16.1. The number of allylic oxidation sites excluding steroid dienone is 2. The molecule has 0 N–H and O–H groups in total. The van der Waals surface area contributed by atoms with Gasteiger partial charge in [0.25, 0.3) is 0 Å². The summed E-state index contributed by atoms with van der Waals surface area (Å²) in [6.07, 6.45) is 14.4. The molecule has 216 valence electrons. The lowest BCUT2D eigenvalue weighted by Crippen LogP contribution is -2.65. The van der Waals surface area contributed by atoms with Gasteiger partial charge >= 0.3 is 0 Å². The van der Waals surface area contributed by atoms with E-state index < -0.39 is 11.3 Å². The molecule has 0 saturated heterocycles. The number of carbonyl (C=O) groups is 2. The summed E-state index contributed by atoms with van der Waals surface area (Å²) in [5.41, 5.74) is 3.47. The number of nitrogens with zero attached hydrogens (tertiary/aromatic N) is 3. The van der Waals surface area contributed by atoms with Gasteiger partial charge in [0, 0.05) is 29.6 Å². The highest BCUT2D eigenvalue weighted by molar-refractivity contribution is 5.90. The first-order chi connectivity index (χ1) is 18.6. The van der Waals surface area contributed by atoms with Crippen molar-refractivity contribution in [2.45, 2.75) is 106 Å². The van der Waals surface area contributed by atoms with E-state index in [-0.39, 0.29) is 44.7 Å². The summed E-state index contributed by atoms with van der Waals surface area (Å²) in [5.74, 6) is 0.478. The highest BCUT2D eigenvalue weighted by Crippen LogP contribution is 2.77. The number of ketones is 1. The summed E-state index contributed by atoms with van der Waals surface area (Å²) in [6.45, 7) is 16.5. The molecule has 1 aromatic heterocycles. The summed E-state index contributed by atoms with van der Waals surface area (Å²) in [4.78, 5) is 26.5. The van der Waals surface area contributed by atoms with Crippen molar-refractivity contribution in [2.24, 2.45) is 63.2 Å². The number of nitriles is 1. The Morgan fingerprint density at radius 2 is 1.70 bits per heavy atom. The van der Waals surface area contributed by atoms with E-state index in [9.17, 15) is 14.9 Å². The van der Waals surface area contributed by atoms with Crippen LogP contribution < -0.4 is 0 Å². The number of hydrogen-bond acceptors (Lipinski definition) is 4. The minimum atomic E-state index is -0.535. The molecule has 8 atom stereocenters. The Labute approximate surface area is 241 Å². The molecule has 0 bridgehead atoms. The Bertz CT molecular complexity index is 1340. The van der Waals surface area contributed by atoms with Crippen LogP contribution in [0.5, 0.6) is 0 Å². The fourth-order valence-corrected chi connectivity index (χ4v) is 11.6. The van der Waals surface area contributed by atoms with Gasteiger partial charge in [-0.25, -0.2) is 0 Å². The van der Waals surface area contributed by atoms with Crippen molar-refractivity contribution in [3.8, 4) is 6.07 Å². The van der Waals surface area contributed by atoms with Crippen molar-refractivity contribution in [1.82, 2.24) is 9.78 Å². The van der Waals surface area contributed by atoms with E-state index in [1.54, 1.807) is 5.57 Å². The van der Waals surface area contributed by atoms with Gasteiger partial charge < -0.3 is 4.79 Å². The molecule has 1 aromatic rings. The molecule has 4 unspecified atom stereocenters. The van der Waals surface area contributed by atoms with E-state index in [1.807, 2.05) is 17.9 Å². The van der Waals surface area contributed by atoms with Gasteiger partial charge in [-0.2, -0.15) is 10.4 Å². The largest absolute Gasteiger partial charge is 0.303 e. The molecule has 4 fully saturated rings. The van der Waals surface area contributed by atoms with Gasteiger partial charge in [0.2, 0.25) is 0 Å². The smallest absolute Gasteiger partial charge is 0.155 e. The number of rotatable bonds is 2. The van der Waals surface area contributed by atoms with E-state index in [2.05, 4.69) is 65.8 Å². The molecule has 6 rings (SSSR count). The van der Waals surface area contributed by atoms with Gasteiger partial charge in [0.15, 0.2) is 5.78 Å². The summed E-state index contributed by atoms with van der Waals surface area (Å²) in [6, 6.07) is 2.43. The zero-order valence-corrected chi connectivity index (χ0v) is 26.1. The van der Waals surface area contributed by atoms with Crippen LogP contribution in [0.3, 0.4) is 0 Å². The summed E-state index contributed by atoms with van der Waals surface area (Å²) >= 11 is 0. The minimum absolute atomic E-state index is 0.0341. The van der Waals surface area contributed by atoms with Crippen molar-refractivity contribution in [1.29, 1.82) is 5.26 Å². The number of aldehydes is 1. The van der Waals surface area contributed by atoms with Gasteiger partial charge in [0.05, 0.1) is 12.3 Å². The van der Waals surface area contributed by atoms with Gasteiger partial charge in [0.1, 0.15) is 12.2 Å². The third-order valence-corrected chi connectivity index (χ3v) is 14.0. The third-order valence-electron chi connectivity index (χ3n) is 14.0. The Kier molecular flexibility index (Phi) is 5.88. The van der Waals surface area contributed by atoms with Crippen molar-refractivity contribution in [3.63, 3.8) is 0 Å². The van der Waals surface area contributed by atoms with E-state index in [4.69, 9.17) is 0 Å². The number of hydrogen-bond donors (Lipinski definition) is 0. The van der Waals surface area contributed by atoms with E-state index in [0.29, 0.717) is 12.3 Å². The van der Waals surface area contributed by atoms with Crippen LogP contribution in [0.1, 0.15) is 112 Å². The molecule has 0 spiro atoms. The van der Waals surface area contributed by atoms with Gasteiger partial charge in [-0.1, -0.05) is 54.0 Å². The SMILES string of the molecule is Cn1cc(C2=C3C4CC(C)(C)CC[C@]4(C=O)CC[C@@]3(C)[C@]3(C)CCC4C(C)(C)C(=O)C(C#N)C[C@]4(C)C3C2)cn1.